The van der Waals surface area contributed by atoms with E-state index in [2.05, 4.69) is 0 Å². The molecule has 4 heteroatoms. The monoisotopic (exact) mass is 254 g/mol. The Kier molecular flexibility index (Phi) is 2.71. The van der Waals surface area contributed by atoms with Crippen LogP contribution in [0.4, 0.5) is 5.69 Å². The Morgan fingerprint density at radius 2 is 2.00 bits per heavy atom. The van der Waals surface area contributed by atoms with E-state index in [0.29, 0.717) is 12.1 Å². The Hall–Kier alpha value is -2.36. The third-order valence-corrected chi connectivity index (χ3v) is 3.48. The molecule has 3 rings (SSSR count). The normalized spacial score (nSPS) is 13.4. The minimum Gasteiger partial charge on any atom is -0.319 e. The van der Waals surface area contributed by atoms with Crippen LogP contribution in [0.1, 0.15) is 15.9 Å². The number of fused-ring (bicyclic) bond motifs is 1. The van der Waals surface area contributed by atoms with E-state index in [-0.39, 0.29) is 11.5 Å². The van der Waals surface area contributed by atoms with E-state index >= 15 is 0 Å². The minimum atomic E-state index is -0.168. The van der Waals surface area contributed by atoms with Crippen molar-refractivity contribution < 1.29 is 4.79 Å². The standard InChI is InChI=1S/C15H14N2O2/c1-16-8-6-12(10-14(16)18)15(19)17-9-7-11-4-2-3-5-13(11)17/h2-6,8,10H,7,9H2,1H3. The first kappa shape index (κ1) is 11.7. The van der Waals surface area contributed by atoms with Crippen LogP contribution < -0.4 is 10.5 Å². The summed E-state index contributed by atoms with van der Waals surface area (Å²) in [4.78, 5) is 25.8. The summed E-state index contributed by atoms with van der Waals surface area (Å²) in [6, 6.07) is 11.0. The van der Waals surface area contributed by atoms with Gasteiger partial charge >= 0.3 is 0 Å². The number of nitrogens with zero attached hydrogens (tertiary/aromatic N) is 2. The van der Waals surface area contributed by atoms with E-state index < -0.39 is 0 Å². The maximum Gasteiger partial charge on any atom is 0.258 e. The summed E-state index contributed by atoms with van der Waals surface area (Å²) in [6.07, 6.45) is 2.49. The van der Waals surface area contributed by atoms with E-state index in [4.69, 9.17) is 0 Å². The fraction of sp³-hybridized carbons (Fsp3) is 0.200. The summed E-state index contributed by atoms with van der Waals surface area (Å²) in [5, 5.41) is 0. The fourth-order valence-electron chi connectivity index (χ4n) is 2.39. The van der Waals surface area contributed by atoms with Gasteiger partial charge in [-0.15, -0.1) is 0 Å². The zero-order valence-electron chi connectivity index (χ0n) is 10.7. The van der Waals surface area contributed by atoms with Crippen LogP contribution in [0.2, 0.25) is 0 Å². The number of carbonyl (C=O) groups is 1. The molecule has 4 nitrogen and oxygen atoms in total. The maximum absolute atomic E-state index is 12.5. The van der Waals surface area contributed by atoms with Crippen LogP contribution in [-0.2, 0) is 13.5 Å². The number of para-hydroxylation sites is 1. The van der Waals surface area contributed by atoms with Crippen LogP contribution >= 0.6 is 0 Å². The van der Waals surface area contributed by atoms with E-state index in [1.807, 2.05) is 24.3 Å². The van der Waals surface area contributed by atoms with Crippen molar-refractivity contribution in [3.63, 3.8) is 0 Å². The molecule has 1 aliphatic heterocycles. The summed E-state index contributed by atoms with van der Waals surface area (Å²) < 4.78 is 1.45. The topological polar surface area (TPSA) is 42.3 Å². The fourth-order valence-corrected chi connectivity index (χ4v) is 2.39. The molecule has 1 aliphatic rings. The van der Waals surface area contributed by atoms with Gasteiger partial charge in [-0.25, -0.2) is 0 Å². The van der Waals surface area contributed by atoms with Crippen LogP contribution in [0.5, 0.6) is 0 Å². The van der Waals surface area contributed by atoms with E-state index in [9.17, 15) is 9.59 Å². The predicted molar refractivity (Wildman–Crippen MR) is 73.5 cm³/mol. The summed E-state index contributed by atoms with van der Waals surface area (Å²) in [5.74, 6) is -0.109. The van der Waals surface area contributed by atoms with Crippen molar-refractivity contribution >= 4 is 11.6 Å². The lowest BCUT2D eigenvalue weighted by atomic mass is 10.2. The van der Waals surface area contributed by atoms with Gasteiger partial charge in [0.15, 0.2) is 0 Å². The average molecular weight is 254 g/mol. The van der Waals surface area contributed by atoms with Crippen molar-refractivity contribution in [3.8, 4) is 0 Å². The molecule has 0 bridgehead atoms. The molecule has 1 aromatic heterocycles. The lowest BCUT2D eigenvalue weighted by Gasteiger charge is -2.17. The molecule has 2 aromatic rings. The molecule has 0 radical (unpaired) electrons. The van der Waals surface area contributed by atoms with Crippen molar-refractivity contribution in [2.75, 3.05) is 11.4 Å². The molecule has 0 saturated heterocycles. The molecule has 0 spiro atoms. The summed E-state index contributed by atoms with van der Waals surface area (Å²) in [6.45, 7) is 0.674. The molecule has 1 aromatic carbocycles. The summed E-state index contributed by atoms with van der Waals surface area (Å²) >= 11 is 0. The van der Waals surface area contributed by atoms with Crippen molar-refractivity contribution in [2.45, 2.75) is 6.42 Å². The molecule has 0 unspecified atom stereocenters. The van der Waals surface area contributed by atoms with E-state index in [1.54, 1.807) is 24.2 Å². The van der Waals surface area contributed by atoms with Crippen molar-refractivity contribution in [3.05, 3.63) is 64.1 Å². The number of aryl methyl sites for hydroxylation is 1. The van der Waals surface area contributed by atoms with Crippen LogP contribution in [0.3, 0.4) is 0 Å². The van der Waals surface area contributed by atoms with Crippen LogP contribution in [-0.4, -0.2) is 17.0 Å². The number of carbonyl (C=O) groups excluding carboxylic acids is 1. The SMILES string of the molecule is Cn1ccc(C(=O)N2CCc3ccccc32)cc1=O. The largest absolute Gasteiger partial charge is 0.319 e. The van der Waals surface area contributed by atoms with Gasteiger partial charge in [0, 0.05) is 37.1 Å². The van der Waals surface area contributed by atoms with Gasteiger partial charge in [-0.2, -0.15) is 0 Å². The Bertz CT molecular complexity index is 703. The van der Waals surface area contributed by atoms with E-state index in [1.165, 1.54) is 16.2 Å². The molecule has 0 fully saturated rings. The second-order valence-corrected chi connectivity index (χ2v) is 4.70. The lowest BCUT2D eigenvalue weighted by Crippen LogP contribution is -2.30. The molecule has 1 amide bonds. The molecular formula is C15H14N2O2. The first-order valence-electron chi connectivity index (χ1n) is 6.23. The average Bonchev–Trinajstić information content (AvgIpc) is 2.85. The predicted octanol–water partition coefficient (Wildman–Crippen LogP) is 1.59. The molecule has 96 valence electrons. The Morgan fingerprint density at radius 1 is 1.21 bits per heavy atom. The molecule has 2 heterocycles. The lowest BCUT2D eigenvalue weighted by molar-refractivity contribution is 0.0989. The molecule has 0 atom stereocenters. The summed E-state index contributed by atoms with van der Waals surface area (Å²) in [7, 11) is 1.67. The third kappa shape index (κ3) is 1.95. The number of hydrogen-bond donors (Lipinski definition) is 0. The first-order chi connectivity index (χ1) is 9.16. The number of anilines is 1. The van der Waals surface area contributed by atoms with Crippen molar-refractivity contribution in [1.29, 1.82) is 0 Å². The number of pyridine rings is 1. The third-order valence-electron chi connectivity index (χ3n) is 3.48. The summed E-state index contributed by atoms with van der Waals surface area (Å²) in [5.41, 5.74) is 2.41. The van der Waals surface area contributed by atoms with Gasteiger partial charge in [-0.1, -0.05) is 18.2 Å². The minimum absolute atomic E-state index is 0.109. The highest BCUT2D eigenvalue weighted by Gasteiger charge is 2.25. The second-order valence-electron chi connectivity index (χ2n) is 4.70. The van der Waals surface area contributed by atoms with Gasteiger partial charge in [0.2, 0.25) is 0 Å². The van der Waals surface area contributed by atoms with Crippen LogP contribution in [0, 0.1) is 0 Å². The zero-order valence-corrected chi connectivity index (χ0v) is 10.7. The number of aromatic nitrogens is 1. The van der Waals surface area contributed by atoms with Crippen LogP contribution in [0.25, 0.3) is 0 Å². The van der Waals surface area contributed by atoms with Gasteiger partial charge in [0.25, 0.3) is 11.5 Å². The van der Waals surface area contributed by atoms with E-state index in [0.717, 1.165) is 12.1 Å². The van der Waals surface area contributed by atoms with Gasteiger partial charge in [-0.05, 0) is 24.1 Å². The highest BCUT2D eigenvalue weighted by Crippen LogP contribution is 2.28. The maximum atomic E-state index is 12.5. The van der Waals surface area contributed by atoms with Crippen molar-refractivity contribution in [1.82, 2.24) is 4.57 Å². The number of benzene rings is 1. The zero-order chi connectivity index (χ0) is 13.4. The number of rotatable bonds is 1. The van der Waals surface area contributed by atoms with Gasteiger partial charge < -0.3 is 9.47 Å². The molecule has 0 N–H and O–H groups in total. The molecule has 0 aliphatic carbocycles. The van der Waals surface area contributed by atoms with Gasteiger partial charge in [0.1, 0.15) is 0 Å². The first-order valence-corrected chi connectivity index (χ1v) is 6.23. The molecule has 19 heavy (non-hydrogen) atoms. The van der Waals surface area contributed by atoms with Crippen molar-refractivity contribution in [2.24, 2.45) is 7.05 Å². The Labute approximate surface area is 110 Å². The number of amides is 1. The van der Waals surface area contributed by atoms with Gasteiger partial charge in [0.05, 0.1) is 0 Å². The quantitative estimate of drug-likeness (QED) is 0.775. The molecule has 0 saturated carbocycles. The highest BCUT2D eigenvalue weighted by atomic mass is 16.2. The second kappa shape index (κ2) is 4.39. The number of hydrogen-bond acceptors (Lipinski definition) is 2. The highest BCUT2D eigenvalue weighted by molar-refractivity contribution is 6.07. The van der Waals surface area contributed by atoms with Crippen LogP contribution in [0.15, 0.2) is 47.4 Å². The smallest absolute Gasteiger partial charge is 0.258 e. The van der Waals surface area contributed by atoms with Gasteiger partial charge in [-0.3, -0.25) is 9.59 Å². The molecular weight excluding hydrogens is 240 g/mol. The Morgan fingerprint density at radius 3 is 2.79 bits per heavy atom. The Balaban J connectivity index is 1.98.